The molecule has 1 atom stereocenters. The average molecular weight is 355 g/mol. The van der Waals surface area contributed by atoms with Gasteiger partial charge in [-0.25, -0.2) is 0 Å². The molecule has 4 heterocycles. The molecule has 4 nitrogen and oxygen atoms in total. The van der Waals surface area contributed by atoms with E-state index in [1.807, 2.05) is 24.2 Å². The minimum absolute atomic E-state index is 0.0334. The van der Waals surface area contributed by atoms with E-state index in [2.05, 4.69) is 34.1 Å². The van der Waals surface area contributed by atoms with Gasteiger partial charge >= 0.3 is 0 Å². The zero-order chi connectivity index (χ0) is 16.5. The third kappa shape index (κ3) is 2.83. The molecule has 0 saturated carbocycles. The summed E-state index contributed by atoms with van der Waals surface area (Å²) in [7, 11) is 1.87. The summed E-state index contributed by atoms with van der Waals surface area (Å²) in [5, 5.41) is 8.33. The summed E-state index contributed by atoms with van der Waals surface area (Å²) in [6.45, 7) is 0.756. The largest absolute Gasteiger partial charge is 0.327 e. The number of fused-ring (bicyclic) bond motifs is 1. The molecular formula is C18H17N3OS2. The van der Waals surface area contributed by atoms with E-state index in [0.29, 0.717) is 0 Å². The van der Waals surface area contributed by atoms with Crippen molar-refractivity contribution >= 4 is 34.7 Å². The van der Waals surface area contributed by atoms with Crippen LogP contribution in [0.5, 0.6) is 0 Å². The highest BCUT2D eigenvalue weighted by molar-refractivity contribution is 7.10. The molecule has 4 rings (SSSR count). The lowest BCUT2D eigenvalue weighted by Gasteiger charge is -2.34. The first-order valence-electron chi connectivity index (χ1n) is 7.79. The van der Waals surface area contributed by atoms with Crippen molar-refractivity contribution in [1.29, 1.82) is 0 Å². The maximum atomic E-state index is 12.8. The van der Waals surface area contributed by atoms with Crippen LogP contribution in [0, 0.1) is 0 Å². The van der Waals surface area contributed by atoms with E-state index in [0.717, 1.165) is 18.5 Å². The van der Waals surface area contributed by atoms with Crippen LogP contribution in [-0.2, 0) is 18.3 Å². The van der Waals surface area contributed by atoms with E-state index in [4.69, 9.17) is 0 Å². The molecule has 3 aromatic rings. The Hall–Kier alpha value is -2.18. The summed E-state index contributed by atoms with van der Waals surface area (Å²) in [5.41, 5.74) is 2.21. The lowest BCUT2D eigenvalue weighted by molar-refractivity contribution is -0.127. The summed E-state index contributed by atoms with van der Waals surface area (Å²) < 4.78 is 1.73. The van der Waals surface area contributed by atoms with Gasteiger partial charge in [-0.3, -0.25) is 9.48 Å². The molecule has 0 aliphatic carbocycles. The van der Waals surface area contributed by atoms with Crippen molar-refractivity contribution in [3.8, 4) is 0 Å². The highest BCUT2D eigenvalue weighted by Crippen LogP contribution is 2.39. The van der Waals surface area contributed by atoms with Crippen LogP contribution < -0.4 is 0 Å². The van der Waals surface area contributed by atoms with Crippen molar-refractivity contribution in [2.45, 2.75) is 12.5 Å². The SMILES string of the molecule is Cn1cc(C=CC(=O)N2CCc3sccc3C2c2cccs2)cn1. The number of nitrogens with zero attached hydrogens (tertiary/aromatic N) is 3. The number of amides is 1. The third-order valence-electron chi connectivity index (χ3n) is 4.20. The lowest BCUT2D eigenvalue weighted by Crippen LogP contribution is -2.38. The Labute approximate surface area is 148 Å². The normalized spacial score (nSPS) is 17.4. The molecule has 122 valence electrons. The third-order valence-corrected chi connectivity index (χ3v) is 6.13. The number of hydrogen-bond donors (Lipinski definition) is 0. The van der Waals surface area contributed by atoms with Crippen molar-refractivity contribution in [2.75, 3.05) is 6.54 Å². The predicted molar refractivity (Wildman–Crippen MR) is 98.1 cm³/mol. The maximum absolute atomic E-state index is 12.8. The second kappa shape index (κ2) is 6.37. The van der Waals surface area contributed by atoms with E-state index in [1.165, 1.54) is 15.3 Å². The molecule has 0 N–H and O–H groups in total. The number of thiophene rings is 2. The summed E-state index contributed by atoms with van der Waals surface area (Å²) >= 11 is 3.50. The van der Waals surface area contributed by atoms with Gasteiger partial charge in [0.2, 0.25) is 5.91 Å². The average Bonchev–Trinajstić information content (AvgIpc) is 3.32. The molecule has 0 fully saturated rings. The van der Waals surface area contributed by atoms with Gasteiger partial charge < -0.3 is 4.90 Å². The minimum Gasteiger partial charge on any atom is -0.327 e. The van der Waals surface area contributed by atoms with E-state index < -0.39 is 0 Å². The van der Waals surface area contributed by atoms with Crippen LogP contribution >= 0.6 is 22.7 Å². The van der Waals surface area contributed by atoms with Gasteiger partial charge in [0.1, 0.15) is 0 Å². The minimum atomic E-state index is 0.0334. The molecule has 1 aliphatic rings. The van der Waals surface area contributed by atoms with E-state index in [9.17, 15) is 4.79 Å². The fourth-order valence-corrected chi connectivity index (χ4v) is 4.86. The van der Waals surface area contributed by atoms with E-state index >= 15 is 0 Å². The fraction of sp³-hybridized carbons (Fsp3) is 0.222. The Kier molecular flexibility index (Phi) is 4.08. The highest BCUT2D eigenvalue weighted by Gasteiger charge is 2.32. The molecule has 0 saturated heterocycles. The smallest absolute Gasteiger partial charge is 0.247 e. The first-order valence-corrected chi connectivity index (χ1v) is 9.55. The van der Waals surface area contributed by atoms with Gasteiger partial charge in [0, 0.05) is 41.2 Å². The second-order valence-corrected chi connectivity index (χ2v) is 7.76. The van der Waals surface area contributed by atoms with Crippen molar-refractivity contribution in [3.05, 3.63) is 68.3 Å². The molecular weight excluding hydrogens is 338 g/mol. The monoisotopic (exact) mass is 355 g/mol. The van der Waals surface area contributed by atoms with Crippen molar-refractivity contribution in [1.82, 2.24) is 14.7 Å². The number of carbonyl (C=O) groups is 1. The quantitative estimate of drug-likeness (QED) is 0.672. The van der Waals surface area contributed by atoms with Crippen LogP contribution in [0.1, 0.15) is 26.9 Å². The standard InChI is InChI=1S/C18H17N3OS2/c1-20-12-13(11-19-20)4-5-17(22)21-8-6-15-14(7-10-24-15)18(21)16-3-2-9-23-16/h2-5,7,9-12,18H,6,8H2,1H3. The molecule has 0 radical (unpaired) electrons. The van der Waals surface area contributed by atoms with Gasteiger partial charge in [-0.15, -0.1) is 22.7 Å². The zero-order valence-electron chi connectivity index (χ0n) is 13.3. The molecule has 1 unspecified atom stereocenters. The molecule has 1 amide bonds. The van der Waals surface area contributed by atoms with E-state index in [1.54, 1.807) is 39.6 Å². The van der Waals surface area contributed by atoms with E-state index in [-0.39, 0.29) is 11.9 Å². The molecule has 0 aromatic carbocycles. The molecule has 0 spiro atoms. The van der Waals surface area contributed by atoms with Crippen molar-refractivity contribution in [2.24, 2.45) is 7.05 Å². The maximum Gasteiger partial charge on any atom is 0.247 e. The Morgan fingerprint density at radius 2 is 2.25 bits per heavy atom. The molecule has 3 aromatic heterocycles. The van der Waals surface area contributed by atoms with Crippen LogP contribution in [-0.4, -0.2) is 27.1 Å². The Bertz CT molecular complexity index is 876. The topological polar surface area (TPSA) is 38.1 Å². The summed E-state index contributed by atoms with van der Waals surface area (Å²) in [4.78, 5) is 17.4. The number of aryl methyl sites for hydroxylation is 1. The number of carbonyl (C=O) groups excluding carboxylic acids is 1. The van der Waals surface area contributed by atoms with Gasteiger partial charge in [-0.2, -0.15) is 5.10 Å². The summed E-state index contributed by atoms with van der Waals surface area (Å²) in [5.74, 6) is 0.0501. The van der Waals surface area contributed by atoms with Gasteiger partial charge in [-0.1, -0.05) is 6.07 Å². The second-order valence-electron chi connectivity index (χ2n) is 5.78. The van der Waals surface area contributed by atoms with Crippen LogP contribution in [0.15, 0.2) is 47.4 Å². The molecule has 1 aliphatic heterocycles. The van der Waals surface area contributed by atoms with Gasteiger partial charge in [0.15, 0.2) is 0 Å². The molecule has 0 bridgehead atoms. The van der Waals surface area contributed by atoms with Crippen LogP contribution in [0.3, 0.4) is 0 Å². The van der Waals surface area contributed by atoms with Crippen molar-refractivity contribution in [3.63, 3.8) is 0 Å². The Morgan fingerprint density at radius 3 is 3.00 bits per heavy atom. The molecule has 6 heteroatoms. The Balaban J connectivity index is 1.63. The fourth-order valence-electron chi connectivity index (χ4n) is 3.10. The number of aromatic nitrogens is 2. The number of hydrogen-bond acceptors (Lipinski definition) is 4. The van der Waals surface area contributed by atoms with Gasteiger partial charge in [-0.05, 0) is 41.0 Å². The summed E-state index contributed by atoms with van der Waals surface area (Å²) in [6, 6.07) is 6.36. The van der Waals surface area contributed by atoms with Crippen LogP contribution in [0.4, 0.5) is 0 Å². The highest BCUT2D eigenvalue weighted by atomic mass is 32.1. The summed E-state index contributed by atoms with van der Waals surface area (Å²) in [6.07, 6.45) is 8.09. The predicted octanol–water partition coefficient (Wildman–Crippen LogP) is 3.73. The number of rotatable bonds is 3. The van der Waals surface area contributed by atoms with Crippen molar-refractivity contribution < 1.29 is 4.79 Å². The Morgan fingerprint density at radius 1 is 1.33 bits per heavy atom. The first-order chi connectivity index (χ1) is 11.7. The van der Waals surface area contributed by atoms with Gasteiger partial charge in [0.05, 0.1) is 12.2 Å². The molecule has 24 heavy (non-hydrogen) atoms. The zero-order valence-corrected chi connectivity index (χ0v) is 14.9. The van der Waals surface area contributed by atoms with Crippen LogP contribution in [0.2, 0.25) is 0 Å². The first kappa shape index (κ1) is 15.4. The van der Waals surface area contributed by atoms with Gasteiger partial charge in [0.25, 0.3) is 0 Å². The van der Waals surface area contributed by atoms with Crippen LogP contribution in [0.25, 0.3) is 6.08 Å². The lowest BCUT2D eigenvalue weighted by atomic mass is 9.98.